The number of alkyl carbamates (subject to hydrolysis) is 1. The van der Waals surface area contributed by atoms with Crippen LogP contribution in [0.15, 0.2) is 60.7 Å². The number of halogens is 1. The number of anilines is 1. The Morgan fingerprint density at radius 3 is 2.33 bits per heavy atom. The van der Waals surface area contributed by atoms with Crippen molar-refractivity contribution in [1.82, 2.24) is 10.2 Å². The Morgan fingerprint density at radius 1 is 0.959 bits per heavy atom. The van der Waals surface area contributed by atoms with E-state index in [2.05, 4.69) is 10.6 Å². The number of methoxy groups -OCH3 is 1. The van der Waals surface area contributed by atoms with Crippen LogP contribution in [0.5, 0.6) is 11.5 Å². The second kappa shape index (κ2) is 17.3. The van der Waals surface area contributed by atoms with Gasteiger partial charge in [0, 0.05) is 36.8 Å². The molecule has 11 nitrogen and oxygen atoms in total. The van der Waals surface area contributed by atoms with E-state index in [1.54, 1.807) is 24.1 Å². The second-order valence-corrected chi connectivity index (χ2v) is 13.4. The standard InChI is InChI=1S/C37H46ClN3O8/c1-37(2,3)49-36(45)39-27-12-14-28(15-13-27)48-35(44)40-31-19-24(11-16-29(31)25-9-7-6-8-10-25)17-18-41(4)34(43)23-47-33-21-32(46-5)26(22-42)20-30(33)38/h6-11,16,19-21,27-28,42H,12-15,17-18,22-23H2,1-5H3,(H,39,45)(H,40,44)/t27-,28-. The van der Waals surface area contributed by atoms with Gasteiger partial charge in [0.2, 0.25) is 0 Å². The number of ether oxygens (including phenoxy) is 4. The van der Waals surface area contributed by atoms with Crippen LogP contribution in [0.4, 0.5) is 15.3 Å². The van der Waals surface area contributed by atoms with Crippen molar-refractivity contribution in [2.45, 2.75) is 77.2 Å². The van der Waals surface area contributed by atoms with Gasteiger partial charge in [0.1, 0.15) is 23.2 Å². The molecule has 0 unspecified atom stereocenters. The fourth-order valence-electron chi connectivity index (χ4n) is 5.48. The fraction of sp³-hybridized carbons (Fsp3) is 0.432. The van der Waals surface area contributed by atoms with Crippen LogP contribution in [-0.2, 0) is 27.3 Å². The summed E-state index contributed by atoms with van der Waals surface area (Å²) in [4.78, 5) is 39.7. The number of nitrogens with one attached hydrogen (secondary N) is 2. The van der Waals surface area contributed by atoms with Crippen molar-refractivity contribution in [3.05, 3.63) is 76.8 Å². The van der Waals surface area contributed by atoms with Crippen molar-refractivity contribution in [3.63, 3.8) is 0 Å². The summed E-state index contributed by atoms with van der Waals surface area (Å²) < 4.78 is 22.1. The minimum Gasteiger partial charge on any atom is -0.496 e. The van der Waals surface area contributed by atoms with Crippen LogP contribution in [0.25, 0.3) is 11.1 Å². The first-order valence-corrected chi connectivity index (χ1v) is 16.7. The summed E-state index contributed by atoms with van der Waals surface area (Å²) in [5.74, 6) is 0.442. The molecule has 0 aromatic heterocycles. The molecule has 0 spiro atoms. The summed E-state index contributed by atoms with van der Waals surface area (Å²) in [6.45, 7) is 5.39. The lowest BCUT2D eigenvalue weighted by Gasteiger charge is -2.30. The summed E-state index contributed by atoms with van der Waals surface area (Å²) in [5, 5.41) is 15.6. The van der Waals surface area contributed by atoms with Crippen molar-refractivity contribution < 1.29 is 38.4 Å². The Morgan fingerprint density at radius 2 is 1.67 bits per heavy atom. The lowest BCUT2D eigenvalue weighted by Crippen LogP contribution is -2.42. The van der Waals surface area contributed by atoms with Gasteiger partial charge in [0.05, 0.1) is 24.4 Å². The van der Waals surface area contributed by atoms with Crippen LogP contribution in [0.3, 0.4) is 0 Å². The van der Waals surface area contributed by atoms with E-state index in [-0.39, 0.29) is 42.0 Å². The molecule has 1 saturated carbocycles. The zero-order valence-electron chi connectivity index (χ0n) is 28.7. The van der Waals surface area contributed by atoms with Gasteiger partial charge in [-0.05, 0) is 76.1 Å². The highest BCUT2D eigenvalue weighted by Gasteiger charge is 2.27. The number of carbonyl (C=O) groups excluding carboxylic acids is 3. The molecule has 3 aromatic rings. The first kappa shape index (κ1) is 37.3. The molecule has 0 atom stereocenters. The molecule has 1 aliphatic rings. The highest BCUT2D eigenvalue weighted by molar-refractivity contribution is 6.32. The number of hydrogen-bond donors (Lipinski definition) is 3. The molecule has 264 valence electrons. The van der Waals surface area contributed by atoms with E-state index in [9.17, 15) is 19.5 Å². The van der Waals surface area contributed by atoms with Crippen LogP contribution in [-0.4, -0.2) is 73.2 Å². The molecule has 4 rings (SSSR count). The number of rotatable bonds is 12. The average Bonchev–Trinajstić information content (AvgIpc) is 3.06. The van der Waals surface area contributed by atoms with Crippen molar-refractivity contribution >= 4 is 35.4 Å². The van der Waals surface area contributed by atoms with Gasteiger partial charge in [-0.1, -0.05) is 54.1 Å². The maximum absolute atomic E-state index is 13.1. The van der Waals surface area contributed by atoms with Crippen molar-refractivity contribution in [2.24, 2.45) is 0 Å². The van der Waals surface area contributed by atoms with Crippen LogP contribution < -0.4 is 20.1 Å². The van der Waals surface area contributed by atoms with Gasteiger partial charge >= 0.3 is 12.2 Å². The van der Waals surface area contributed by atoms with Gasteiger partial charge in [-0.25, -0.2) is 9.59 Å². The number of hydrogen-bond acceptors (Lipinski definition) is 8. The zero-order chi connectivity index (χ0) is 35.6. The molecule has 0 bridgehead atoms. The average molecular weight is 696 g/mol. The van der Waals surface area contributed by atoms with E-state index in [1.165, 1.54) is 7.11 Å². The van der Waals surface area contributed by atoms with Gasteiger partial charge in [0.25, 0.3) is 5.91 Å². The number of amides is 3. The van der Waals surface area contributed by atoms with E-state index in [0.29, 0.717) is 55.6 Å². The predicted molar refractivity (Wildman–Crippen MR) is 188 cm³/mol. The topological polar surface area (TPSA) is 136 Å². The molecule has 3 N–H and O–H groups in total. The predicted octanol–water partition coefficient (Wildman–Crippen LogP) is 6.97. The van der Waals surface area contributed by atoms with Crippen molar-refractivity contribution in [1.29, 1.82) is 0 Å². The molecule has 3 amide bonds. The summed E-state index contributed by atoms with van der Waals surface area (Å²) >= 11 is 6.27. The van der Waals surface area contributed by atoms with Gasteiger partial charge in [-0.15, -0.1) is 0 Å². The SMILES string of the molecule is COc1cc(OCC(=O)N(C)CCc2ccc(-c3ccccc3)c(NC(=O)O[C@H]3CC[C@H](NC(=O)OC(C)(C)C)CC3)c2)c(Cl)cc1CO. The van der Waals surface area contributed by atoms with E-state index < -0.39 is 17.8 Å². The molecule has 0 aliphatic heterocycles. The highest BCUT2D eigenvalue weighted by Crippen LogP contribution is 2.33. The largest absolute Gasteiger partial charge is 0.496 e. The molecular formula is C37H46ClN3O8. The van der Waals surface area contributed by atoms with Crippen LogP contribution in [0.2, 0.25) is 5.02 Å². The normalized spacial score (nSPS) is 15.9. The lowest BCUT2D eigenvalue weighted by atomic mass is 9.93. The monoisotopic (exact) mass is 695 g/mol. The molecule has 0 saturated heterocycles. The Balaban J connectivity index is 1.34. The van der Waals surface area contributed by atoms with Crippen molar-refractivity contribution in [2.75, 3.05) is 32.6 Å². The highest BCUT2D eigenvalue weighted by atomic mass is 35.5. The summed E-state index contributed by atoms with van der Waals surface area (Å²) in [6.07, 6.45) is 1.86. The molecule has 0 radical (unpaired) electrons. The number of nitrogens with zero attached hydrogens (tertiary/aromatic N) is 1. The van der Waals surface area contributed by atoms with E-state index in [1.807, 2.05) is 69.3 Å². The first-order valence-electron chi connectivity index (χ1n) is 16.3. The van der Waals surface area contributed by atoms with Gasteiger partial charge in [-0.3, -0.25) is 10.1 Å². The third-order valence-electron chi connectivity index (χ3n) is 8.09. The van der Waals surface area contributed by atoms with Gasteiger partial charge < -0.3 is 34.3 Å². The summed E-state index contributed by atoms with van der Waals surface area (Å²) in [5.41, 5.74) is 3.23. The number of aliphatic hydroxyl groups is 1. The smallest absolute Gasteiger partial charge is 0.411 e. The van der Waals surface area contributed by atoms with Crippen molar-refractivity contribution in [3.8, 4) is 22.6 Å². The molecule has 3 aromatic carbocycles. The number of likely N-dealkylation sites (N-methyl/N-ethyl adjacent to an activating group) is 1. The first-order chi connectivity index (χ1) is 23.3. The lowest BCUT2D eigenvalue weighted by molar-refractivity contribution is -0.132. The molecule has 49 heavy (non-hydrogen) atoms. The molecule has 1 aliphatic carbocycles. The van der Waals surface area contributed by atoms with Crippen LogP contribution in [0, 0.1) is 0 Å². The Bertz CT molecular complexity index is 1590. The number of benzene rings is 3. The number of aliphatic hydroxyl groups excluding tert-OH is 1. The molecule has 1 fully saturated rings. The van der Waals surface area contributed by atoms with Gasteiger partial charge in [0.15, 0.2) is 6.61 Å². The minimum absolute atomic E-state index is 0.0320. The quantitative estimate of drug-likeness (QED) is 0.185. The molecular weight excluding hydrogens is 650 g/mol. The van der Waals surface area contributed by atoms with Crippen LogP contribution in [0.1, 0.15) is 57.6 Å². The molecule has 0 heterocycles. The maximum atomic E-state index is 13.1. The third kappa shape index (κ3) is 11.3. The maximum Gasteiger partial charge on any atom is 0.411 e. The third-order valence-corrected chi connectivity index (χ3v) is 8.39. The van der Waals surface area contributed by atoms with Crippen LogP contribution >= 0.6 is 11.6 Å². The fourth-order valence-corrected chi connectivity index (χ4v) is 5.72. The van der Waals surface area contributed by atoms with E-state index >= 15 is 0 Å². The van der Waals surface area contributed by atoms with E-state index in [0.717, 1.165) is 16.7 Å². The zero-order valence-corrected chi connectivity index (χ0v) is 29.5. The Hall–Kier alpha value is -4.48. The summed E-state index contributed by atoms with van der Waals surface area (Å²) in [7, 11) is 3.16. The minimum atomic E-state index is -0.568. The Kier molecular flexibility index (Phi) is 13.2. The Labute approximate surface area is 292 Å². The van der Waals surface area contributed by atoms with E-state index in [4.69, 9.17) is 30.5 Å². The number of carbonyl (C=O) groups is 3. The molecule has 12 heteroatoms. The van der Waals surface area contributed by atoms with Gasteiger partial charge in [-0.2, -0.15) is 0 Å². The second-order valence-electron chi connectivity index (χ2n) is 13.0. The summed E-state index contributed by atoms with van der Waals surface area (Å²) in [6, 6.07) is 18.6.